The Morgan fingerprint density at radius 1 is 1.22 bits per heavy atom. The Labute approximate surface area is 132 Å². The van der Waals surface area contributed by atoms with Crippen molar-refractivity contribution in [3.8, 4) is 0 Å². The summed E-state index contributed by atoms with van der Waals surface area (Å²) in [4.78, 5) is 12.3. The van der Waals surface area contributed by atoms with E-state index in [1.54, 1.807) is 18.2 Å². The summed E-state index contributed by atoms with van der Waals surface area (Å²) in [6, 6.07) is 6.22. The van der Waals surface area contributed by atoms with E-state index in [1.807, 2.05) is 0 Å². The van der Waals surface area contributed by atoms with E-state index in [0.717, 1.165) is 10.9 Å². The molecule has 0 spiro atoms. The molecule has 0 aromatic carbocycles. The molecule has 0 unspecified atom stereocenters. The molecule has 0 fully saturated rings. The van der Waals surface area contributed by atoms with Crippen LogP contribution in [0.4, 0.5) is 18.9 Å². The van der Waals surface area contributed by atoms with Gasteiger partial charge in [-0.1, -0.05) is 11.6 Å². The molecule has 0 bridgehead atoms. The number of halogens is 4. The number of hydrogen-bond acceptors (Lipinski definition) is 3. The third kappa shape index (κ3) is 2.87. The number of aromatic nitrogens is 4. The maximum Gasteiger partial charge on any atom is 0.437 e. The number of nitrogens with zero attached hydrogens (tertiary/aromatic N) is 4. The number of anilines is 1. The van der Waals surface area contributed by atoms with E-state index < -0.39 is 23.5 Å². The van der Waals surface area contributed by atoms with E-state index in [9.17, 15) is 18.0 Å². The van der Waals surface area contributed by atoms with Gasteiger partial charge in [-0.3, -0.25) is 9.48 Å². The molecule has 0 radical (unpaired) electrons. The second-order valence-corrected chi connectivity index (χ2v) is 5.12. The smallest absolute Gasteiger partial charge is 0.317 e. The SMILES string of the molecule is Cn1cc(NC(=O)c2ccc3ccc(Cl)nn23)c(C(F)(F)F)n1. The first-order chi connectivity index (χ1) is 10.8. The molecule has 0 aliphatic rings. The van der Waals surface area contributed by atoms with Crippen molar-refractivity contribution in [2.45, 2.75) is 6.18 Å². The van der Waals surface area contributed by atoms with Crippen molar-refractivity contribution in [3.63, 3.8) is 0 Å². The van der Waals surface area contributed by atoms with Gasteiger partial charge in [0.15, 0.2) is 5.69 Å². The van der Waals surface area contributed by atoms with Crippen LogP contribution >= 0.6 is 11.6 Å². The number of amides is 1. The molecular weight excluding hydrogens is 335 g/mol. The molecule has 23 heavy (non-hydrogen) atoms. The van der Waals surface area contributed by atoms with E-state index in [-0.39, 0.29) is 10.8 Å². The zero-order valence-electron chi connectivity index (χ0n) is 11.6. The monoisotopic (exact) mass is 343 g/mol. The molecule has 3 aromatic heterocycles. The predicted octanol–water partition coefficient (Wildman–Crippen LogP) is 2.99. The molecule has 0 aliphatic heterocycles. The van der Waals surface area contributed by atoms with E-state index in [1.165, 1.54) is 17.6 Å². The predicted molar refractivity (Wildman–Crippen MR) is 76.4 cm³/mol. The van der Waals surface area contributed by atoms with E-state index in [0.29, 0.717) is 5.52 Å². The largest absolute Gasteiger partial charge is 0.437 e. The molecule has 10 heteroatoms. The molecule has 3 rings (SSSR count). The van der Waals surface area contributed by atoms with Crippen LogP contribution in [0.3, 0.4) is 0 Å². The zero-order chi connectivity index (χ0) is 16.8. The van der Waals surface area contributed by atoms with Gasteiger partial charge in [0.25, 0.3) is 5.91 Å². The summed E-state index contributed by atoms with van der Waals surface area (Å²) in [6.45, 7) is 0. The van der Waals surface area contributed by atoms with Gasteiger partial charge in [0.1, 0.15) is 10.8 Å². The van der Waals surface area contributed by atoms with Crippen LogP contribution < -0.4 is 5.32 Å². The summed E-state index contributed by atoms with van der Waals surface area (Å²) in [5.74, 6) is -0.752. The molecule has 1 amide bonds. The van der Waals surface area contributed by atoms with E-state index in [2.05, 4.69) is 15.5 Å². The number of carbonyl (C=O) groups excluding carboxylic acids is 1. The summed E-state index contributed by atoms with van der Waals surface area (Å²) in [5, 5.41) is 9.64. The van der Waals surface area contributed by atoms with Crippen LogP contribution in [0, 0.1) is 0 Å². The molecular formula is C13H9ClF3N5O. The fraction of sp³-hybridized carbons (Fsp3) is 0.154. The highest BCUT2D eigenvalue weighted by Gasteiger charge is 2.37. The highest BCUT2D eigenvalue weighted by Crippen LogP contribution is 2.33. The number of fused-ring (bicyclic) bond motifs is 1. The molecule has 0 saturated heterocycles. The van der Waals surface area contributed by atoms with Gasteiger partial charge in [0.05, 0.1) is 11.2 Å². The Bertz CT molecular complexity index is 899. The molecule has 6 nitrogen and oxygen atoms in total. The first kappa shape index (κ1) is 15.3. The van der Waals surface area contributed by atoms with Crippen LogP contribution in [0.1, 0.15) is 16.2 Å². The number of rotatable bonds is 2. The molecule has 3 aromatic rings. The summed E-state index contributed by atoms with van der Waals surface area (Å²) in [6.07, 6.45) is -3.59. The third-order valence-electron chi connectivity index (χ3n) is 3.05. The van der Waals surface area contributed by atoms with Crippen molar-refractivity contribution in [1.82, 2.24) is 19.4 Å². The molecule has 0 atom stereocenters. The molecule has 1 N–H and O–H groups in total. The van der Waals surface area contributed by atoms with Crippen LogP contribution in [-0.2, 0) is 13.2 Å². The Balaban J connectivity index is 1.97. The lowest BCUT2D eigenvalue weighted by Crippen LogP contribution is -2.18. The first-order valence-electron chi connectivity index (χ1n) is 6.32. The second kappa shape index (κ2) is 5.27. The summed E-state index contributed by atoms with van der Waals surface area (Å²) >= 11 is 5.78. The van der Waals surface area contributed by atoms with Crippen LogP contribution in [0.15, 0.2) is 30.5 Å². The van der Waals surface area contributed by atoms with Gasteiger partial charge < -0.3 is 5.32 Å². The number of carbonyl (C=O) groups is 1. The lowest BCUT2D eigenvalue weighted by Gasteiger charge is -2.07. The average Bonchev–Trinajstić information content (AvgIpc) is 3.01. The minimum Gasteiger partial charge on any atom is -0.317 e. The van der Waals surface area contributed by atoms with Crippen LogP contribution in [0.2, 0.25) is 5.15 Å². The summed E-state index contributed by atoms with van der Waals surface area (Å²) < 4.78 is 40.9. The fourth-order valence-electron chi connectivity index (χ4n) is 2.11. The van der Waals surface area contributed by atoms with Crippen LogP contribution in [-0.4, -0.2) is 25.3 Å². The highest BCUT2D eigenvalue weighted by molar-refractivity contribution is 6.29. The third-order valence-corrected chi connectivity index (χ3v) is 3.25. The molecule has 3 heterocycles. The van der Waals surface area contributed by atoms with Gasteiger partial charge in [-0.25, -0.2) is 4.52 Å². The van der Waals surface area contributed by atoms with Crippen molar-refractivity contribution >= 4 is 28.7 Å². The van der Waals surface area contributed by atoms with E-state index >= 15 is 0 Å². The zero-order valence-corrected chi connectivity index (χ0v) is 12.4. The molecule has 120 valence electrons. The van der Waals surface area contributed by atoms with E-state index in [4.69, 9.17) is 11.6 Å². The molecule has 0 saturated carbocycles. The number of hydrogen-bond donors (Lipinski definition) is 1. The van der Waals surface area contributed by atoms with Crippen molar-refractivity contribution < 1.29 is 18.0 Å². The fourth-order valence-corrected chi connectivity index (χ4v) is 2.25. The first-order valence-corrected chi connectivity index (χ1v) is 6.70. The van der Waals surface area contributed by atoms with Gasteiger partial charge in [-0.05, 0) is 24.3 Å². The maximum absolute atomic E-state index is 12.9. The Kier molecular flexibility index (Phi) is 3.52. The maximum atomic E-state index is 12.9. The Morgan fingerprint density at radius 3 is 2.61 bits per heavy atom. The van der Waals surface area contributed by atoms with Gasteiger partial charge in [-0.15, -0.1) is 0 Å². The highest BCUT2D eigenvalue weighted by atomic mass is 35.5. The van der Waals surface area contributed by atoms with Crippen molar-refractivity contribution in [2.75, 3.05) is 5.32 Å². The number of aryl methyl sites for hydroxylation is 1. The number of alkyl halides is 3. The normalized spacial score (nSPS) is 11.9. The Hall–Kier alpha value is -2.55. The lowest BCUT2D eigenvalue weighted by atomic mass is 10.3. The van der Waals surface area contributed by atoms with Gasteiger partial charge >= 0.3 is 6.18 Å². The van der Waals surface area contributed by atoms with Crippen molar-refractivity contribution in [1.29, 1.82) is 0 Å². The lowest BCUT2D eigenvalue weighted by molar-refractivity contribution is -0.140. The standard InChI is InChI=1S/C13H9ClF3N5O/c1-21-6-8(11(20-21)13(15,16)17)18-12(23)9-4-2-7-3-5-10(14)19-22(7)9/h2-6H,1H3,(H,18,23). The Morgan fingerprint density at radius 2 is 1.91 bits per heavy atom. The van der Waals surface area contributed by atoms with Crippen molar-refractivity contribution in [2.24, 2.45) is 7.05 Å². The topological polar surface area (TPSA) is 64.2 Å². The van der Waals surface area contributed by atoms with Crippen molar-refractivity contribution in [3.05, 3.63) is 47.0 Å². The van der Waals surface area contributed by atoms with Crippen LogP contribution in [0.25, 0.3) is 5.52 Å². The second-order valence-electron chi connectivity index (χ2n) is 4.73. The average molecular weight is 344 g/mol. The van der Waals surface area contributed by atoms with Gasteiger partial charge in [0, 0.05) is 13.2 Å². The van der Waals surface area contributed by atoms with Crippen LogP contribution in [0.5, 0.6) is 0 Å². The summed E-state index contributed by atoms with van der Waals surface area (Å²) in [7, 11) is 1.33. The summed E-state index contributed by atoms with van der Waals surface area (Å²) in [5.41, 5.74) is -0.955. The number of nitrogens with one attached hydrogen (secondary N) is 1. The minimum absolute atomic E-state index is 0.0551. The minimum atomic E-state index is -4.67. The van der Waals surface area contributed by atoms with Gasteiger partial charge in [-0.2, -0.15) is 23.4 Å². The molecule has 0 aliphatic carbocycles. The van der Waals surface area contributed by atoms with Gasteiger partial charge in [0.2, 0.25) is 0 Å². The quantitative estimate of drug-likeness (QED) is 0.778.